The fraction of sp³-hybridized carbons (Fsp3) is 0.357. The first kappa shape index (κ1) is 15.3. The summed E-state index contributed by atoms with van der Waals surface area (Å²) in [5, 5.41) is 6.25. The van der Waals surface area contributed by atoms with Gasteiger partial charge in [0.15, 0.2) is 5.13 Å². The molecule has 2 aromatic rings. The number of nitrogens with zero attached hydrogens (tertiary/aromatic N) is 1. The van der Waals surface area contributed by atoms with Gasteiger partial charge >= 0.3 is 0 Å². The first-order chi connectivity index (χ1) is 9.63. The summed E-state index contributed by atoms with van der Waals surface area (Å²) in [5.41, 5.74) is 2.01. The fourth-order valence-corrected chi connectivity index (χ4v) is 3.17. The molecule has 1 aromatic carbocycles. The Hall–Kier alpha value is -1.11. The largest absolute Gasteiger partial charge is 0.496 e. The van der Waals surface area contributed by atoms with Crippen molar-refractivity contribution < 1.29 is 9.47 Å². The van der Waals surface area contributed by atoms with E-state index in [2.05, 4.69) is 33.2 Å². The number of hydrogen-bond donors (Lipinski definition) is 1. The summed E-state index contributed by atoms with van der Waals surface area (Å²) in [6, 6.07) is 6.18. The summed E-state index contributed by atoms with van der Waals surface area (Å²) in [6.45, 7) is 2.72. The van der Waals surface area contributed by atoms with Crippen LogP contribution in [0.2, 0.25) is 0 Å². The molecular weight excluding hydrogens is 340 g/mol. The summed E-state index contributed by atoms with van der Waals surface area (Å²) >= 11 is 5.08. The highest BCUT2D eigenvalue weighted by Gasteiger charge is 2.09. The number of methoxy groups -OCH3 is 2. The molecule has 0 amide bonds. The molecule has 20 heavy (non-hydrogen) atoms. The number of ether oxygens (including phenoxy) is 2. The molecule has 1 aromatic heterocycles. The number of thiazole rings is 1. The van der Waals surface area contributed by atoms with Crippen LogP contribution in [0.4, 0.5) is 5.13 Å². The van der Waals surface area contributed by atoms with Gasteiger partial charge in [-0.1, -0.05) is 0 Å². The van der Waals surface area contributed by atoms with Gasteiger partial charge in [0.2, 0.25) is 0 Å². The second-order valence-corrected chi connectivity index (χ2v) is 6.10. The Kier molecular flexibility index (Phi) is 5.39. The van der Waals surface area contributed by atoms with E-state index in [4.69, 9.17) is 9.47 Å². The average molecular weight is 357 g/mol. The molecular formula is C14H17BrN2O2S. The van der Waals surface area contributed by atoms with Gasteiger partial charge in [-0.25, -0.2) is 4.98 Å². The average Bonchev–Trinajstić information content (AvgIpc) is 2.87. The van der Waals surface area contributed by atoms with Crippen LogP contribution in [0.1, 0.15) is 6.92 Å². The second kappa shape index (κ2) is 7.06. The van der Waals surface area contributed by atoms with E-state index < -0.39 is 0 Å². The van der Waals surface area contributed by atoms with Crippen molar-refractivity contribution in [2.24, 2.45) is 0 Å². The van der Waals surface area contributed by atoms with E-state index in [1.165, 1.54) is 0 Å². The third-order valence-corrected chi connectivity index (χ3v) is 4.13. The number of hydrogen-bond acceptors (Lipinski definition) is 5. The normalized spacial score (nSPS) is 12.2. The van der Waals surface area contributed by atoms with Crippen LogP contribution in [0, 0.1) is 0 Å². The summed E-state index contributed by atoms with van der Waals surface area (Å²) in [4.78, 5) is 4.59. The monoisotopic (exact) mass is 356 g/mol. The Morgan fingerprint density at radius 1 is 1.40 bits per heavy atom. The molecule has 1 heterocycles. The lowest BCUT2D eigenvalue weighted by Gasteiger charge is -2.10. The number of benzene rings is 1. The molecule has 6 heteroatoms. The topological polar surface area (TPSA) is 43.4 Å². The van der Waals surface area contributed by atoms with Gasteiger partial charge in [-0.05, 0) is 41.1 Å². The van der Waals surface area contributed by atoms with Gasteiger partial charge in [-0.15, -0.1) is 11.3 Å². The van der Waals surface area contributed by atoms with E-state index in [0.717, 1.165) is 26.6 Å². The molecule has 0 spiro atoms. The maximum atomic E-state index is 5.23. The Balaban J connectivity index is 2.14. The van der Waals surface area contributed by atoms with E-state index in [0.29, 0.717) is 6.61 Å². The van der Waals surface area contributed by atoms with Crippen molar-refractivity contribution in [1.29, 1.82) is 0 Å². The Morgan fingerprint density at radius 2 is 2.20 bits per heavy atom. The van der Waals surface area contributed by atoms with Crippen molar-refractivity contribution >= 4 is 32.4 Å². The zero-order valence-electron chi connectivity index (χ0n) is 11.6. The van der Waals surface area contributed by atoms with Crippen LogP contribution in [0.15, 0.2) is 28.1 Å². The van der Waals surface area contributed by atoms with Crippen LogP contribution >= 0.6 is 27.3 Å². The molecule has 0 aliphatic heterocycles. The van der Waals surface area contributed by atoms with Crippen LogP contribution in [0.3, 0.4) is 0 Å². The fourth-order valence-electron chi connectivity index (χ4n) is 1.80. The van der Waals surface area contributed by atoms with Gasteiger partial charge in [0.05, 0.1) is 23.9 Å². The van der Waals surface area contributed by atoms with Gasteiger partial charge < -0.3 is 14.8 Å². The molecule has 4 nitrogen and oxygen atoms in total. The smallest absolute Gasteiger partial charge is 0.183 e. The minimum atomic E-state index is 0.238. The first-order valence-corrected chi connectivity index (χ1v) is 7.86. The zero-order chi connectivity index (χ0) is 14.5. The summed E-state index contributed by atoms with van der Waals surface area (Å²) in [5.74, 6) is 0.816. The van der Waals surface area contributed by atoms with Crippen molar-refractivity contribution in [3.63, 3.8) is 0 Å². The van der Waals surface area contributed by atoms with Crippen LogP contribution in [0.25, 0.3) is 11.3 Å². The summed E-state index contributed by atoms with van der Waals surface area (Å²) in [6.07, 6.45) is 0. The number of anilines is 1. The first-order valence-electron chi connectivity index (χ1n) is 6.19. The van der Waals surface area contributed by atoms with Gasteiger partial charge in [-0.2, -0.15) is 0 Å². The highest BCUT2D eigenvalue weighted by Crippen LogP contribution is 2.32. The van der Waals surface area contributed by atoms with Gasteiger partial charge in [0.25, 0.3) is 0 Å². The maximum absolute atomic E-state index is 5.23. The van der Waals surface area contributed by atoms with Crippen molar-refractivity contribution in [2.75, 3.05) is 26.1 Å². The SMILES string of the molecule is COCC(C)Nc1nc(-c2ccc(OC)c(Br)c2)cs1. The molecule has 0 aliphatic carbocycles. The van der Waals surface area contributed by atoms with Gasteiger partial charge in [0, 0.05) is 24.1 Å². The molecule has 0 aliphatic rings. The lowest BCUT2D eigenvalue weighted by molar-refractivity contribution is 0.190. The standard InChI is InChI=1S/C14H17BrN2O2S/c1-9(7-18-2)16-14-17-12(8-20-14)10-4-5-13(19-3)11(15)6-10/h4-6,8-9H,7H2,1-3H3,(H,16,17). The quantitative estimate of drug-likeness (QED) is 0.848. The zero-order valence-corrected chi connectivity index (χ0v) is 14.0. The third kappa shape index (κ3) is 3.71. The van der Waals surface area contributed by atoms with Gasteiger partial charge in [0.1, 0.15) is 5.75 Å². The predicted molar refractivity (Wildman–Crippen MR) is 86.8 cm³/mol. The lowest BCUT2D eigenvalue weighted by atomic mass is 10.2. The number of halogens is 1. The maximum Gasteiger partial charge on any atom is 0.183 e. The highest BCUT2D eigenvalue weighted by atomic mass is 79.9. The van der Waals surface area contributed by atoms with Crippen molar-refractivity contribution in [2.45, 2.75) is 13.0 Å². The van der Waals surface area contributed by atoms with Crippen molar-refractivity contribution in [3.8, 4) is 17.0 Å². The van der Waals surface area contributed by atoms with Crippen LogP contribution in [0.5, 0.6) is 5.75 Å². The molecule has 0 radical (unpaired) electrons. The minimum Gasteiger partial charge on any atom is -0.496 e. The molecule has 0 saturated heterocycles. The van der Waals surface area contributed by atoms with E-state index in [1.54, 1.807) is 25.6 Å². The molecule has 1 unspecified atom stereocenters. The Labute approximate surface area is 131 Å². The molecule has 108 valence electrons. The van der Waals surface area contributed by atoms with Crippen LogP contribution in [-0.4, -0.2) is 31.9 Å². The van der Waals surface area contributed by atoms with E-state index in [9.17, 15) is 0 Å². The summed E-state index contributed by atoms with van der Waals surface area (Å²) in [7, 11) is 3.35. The van der Waals surface area contributed by atoms with Crippen molar-refractivity contribution in [1.82, 2.24) is 4.98 Å². The van der Waals surface area contributed by atoms with E-state index in [1.807, 2.05) is 23.6 Å². The molecule has 0 bridgehead atoms. The molecule has 0 saturated carbocycles. The minimum absolute atomic E-state index is 0.238. The summed E-state index contributed by atoms with van der Waals surface area (Å²) < 4.78 is 11.3. The molecule has 0 fully saturated rings. The lowest BCUT2D eigenvalue weighted by Crippen LogP contribution is -2.20. The number of nitrogens with one attached hydrogen (secondary N) is 1. The highest BCUT2D eigenvalue weighted by molar-refractivity contribution is 9.10. The Morgan fingerprint density at radius 3 is 2.85 bits per heavy atom. The van der Waals surface area contributed by atoms with E-state index in [-0.39, 0.29) is 6.04 Å². The van der Waals surface area contributed by atoms with Crippen LogP contribution < -0.4 is 10.1 Å². The number of rotatable bonds is 6. The van der Waals surface area contributed by atoms with Gasteiger partial charge in [-0.3, -0.25) is 0 Å². The van der Waals surface area contributed by atoms with Crippen LogP contribution in [-0.2, 0) is 4.74 Å². The second-order valence-electron chi connectivity index (χ2n) is 4.39. The molecule has 2 rings (SSSR count). The molecule has 1 N–H and O–H groups in total. The van der Waals surface area contributed by atoms with E-state index >= 15 is 0 Å². The Bertz CT molecular complexity index is 574. The predicted octanol–water partition coefficient (Wildman–Crippen LogP) is 4.03. The number of aromatic nitrogens is 1. The van der Waals surface area contributed by atoms with Crippen molar-refractivity contribution in [3.05, 3.63) is 28.1 Å². The molecule has 1 atom stereocenters. The third-order valence-electron chi connectivity index (χ3n) is 2.74.